The fraction of sp³-hybridized carbons (Fsp3) is 0.174. The van der Waals surface area contributed by atoms with E-state index in [9.17, 15) is 24.5 Å². The normalized spacial score (nSPS) is 10.4. The number of nitro groups is 1. The summed E-state index contributed by atoms with van der Waals surface area (Å²) in [6.45, 7) is 4.89. The number of ether oxygens (including phenoxy) is 2. The highest BCUT2D eigenvalue weighted by molar-refractivity contribution is 7.15. The molecule has 2 aromatic carbocycles. The van der Waals surface area contributed by atoms with E-state index >= 15 is 0 Å². The van der Waals surface area contributed by atoms with Gasteiger partial charge in [0.15, 0.2) is 0 Å². The molecule has 0 bridgehead atoms. The van der Waals surface area contributed by atoms with Gasteiger partial charge in [-0.3, -0.25) is 19.7 Å². The number of benzene rings is 2. The summed E-state index contributed by atoms with van der Waals surface area (Å²) in [5.41, 5.74) is 1.97. The van der Waals surface area contributed by atoms with Gasteiger partial charge in [-0.05, 0) is 25.5 Å². The number of anilines is 1. The van der Waals surface area contributed by atoms with E-state index in [0.29, 0.717) is 5.56 Å². The first-order valence-electron chi connectivity index (χ1n) is 9.85. The number of carbonyl (C=O) groups excluding carboxylic acids is 3. The highest BCUT2D eigenvalue weighted by Crippen LogP contribution is 2.37. The van der Waals surface area contributed by atoms with Gasteiger partial charge in [0.25, 0.3) is 11.6 Å². The van der Waals surface area contributed by atoms with E-state index in [4.69, 9.17) is 9.47 Å². The van der Waals surface area contributed by atoms with E-state index < -0.39 is 22.8 Å². The molecule has 0 fully saturated rings. The van der Waals surface area contributed by atoms with Crippen LogP contribution in [0.25, 0.3) is 11.1 Å². The van der Waals surface area contributed by atoms with Crippen LogP contribution in [0.4, 0.5) is 10.7 Å². The summed E-state index contributed by atoms with van der Waals surface area (Å²) >= 11 is 1.11. The lowest BCUT2D eigenvalue weighted by Crippen LogP contribution is -2.17. The molecule has 33 heavy (non-hydrogen) atoms. The molecule has 9 nitrogen and oxygen atoms in total. The van der Waals surface area contributed by atoms with E-state index in [-0.39, 0.29) is 34.2 Å². The molecule has 0 radical (unpaired) electrons. The molecule has 1 N–H and O–H groups in total. The smallest absolute Gasteiger partial charge is 0.341 e. The zero-order valence-electron chi connectivity index (χ0n) is 18.0. The highest BCUT2D eigenvalue weighted by Gasteiger charge is 2.25. The number of nitrogens with zero attached hydrogens (tertiary/aromatic N) is 1. The van der Waals surface area contributed by atoms with Crippen molar-refractivity contribution in [1.82, 2.24) is 0 Å². The van der Waals surface area contributed by atoms with Crippen molar-refractivity contribution in [3.05, 3.63) is 74.6 Å². The first-order valence-corrected chi connectivity index (χ1v) is 10.7. The number of rotatable bonds is 7. The molecule has 0 aliphatic rings. The Labute approximate surface area is 193 Å². The van der Waals surface area contributed by atoms with Crippen molar-refractivity contribution in [2.24, 2.45) is 0 Å². The number of carbonyl (C=O) groups is 3. The van der Waals surface area contributed by atoms with Crippen LogP contribution < -0.4 is 10.1 Å². The molecule has 0 aliphatic heterocycles. The SMILES string of the molecule is CCOC(=O)c1c(-c2ccc(C)cc2)csc1NC(=O)c1cc([N+](=O)[O-])ccc1OC(C)=O. The van der Waals surface area contributed by atoms with Crippen molar-refractivity contribution in [1.29, 1.82) is 0 Å². The zero-order chi connectivity index (χ0) is 24.1. The molecular weight excluding hydrogens is 448 g/mol. The summed E-state index contributed by atoms with van der Waals surface area (Å²) in [6, 6.07) is 10.8. The van der Waals surface area contributed by atoms with Crippen molar-refractivity contribution in [3.8, 4) is 16.9 Å². The molecule has 0 saturated carbocycles. The maximum atomic E-state index is 13.0. The van der Waals surface area contributed by atoms with Crippen molar-refractivity contribution in [2.75, 3.05) is 11.9 Å². The van der Waals surface area contributed by atoms with Gasteiger partial charge in [0, 0.05) is 30.0 Å². The van der Waals surface area contributed by atoms with Crippen molar-refractivity contribution in [2.45, 2.75) is 20.8 Å². The lowest BCUT2D eigenvalue weighted by atomic mass is 10.0. The number of esters is 2. The maximum Gasteiger partial charge on any atom is 0.341 e. The third-order valence-electron chi connectivity index (χ3n) is 4.53. The van der Waals surface area contributed by atoms with Gasteiger partial charge in [0.1, 0.15) is 16.3 Å². The molecule has 10 heteroatoms. The summed E-state index contributed by atoms with van der Waals surface area (Å²) in [4.78, 5) is 47.7. The summed E-state index contributed by atoms with van der Waals surface area (Å²) in [5, 5.41) is 15.7. The van der Waals surface area contributed by atoms with Crippen LogP contribution in [0, 0.1) is 17.0 Å². The second-order valence-electron chi connectivity index (χ2n) is 6.93. The largest absolute Gasteiger partial charge is 0.462 e. The Hall–Kier alpha value is -4.05. The van der Waals surface area contributed by atoms with Gasteiger partial charge in [0.2, 0.25) is 0 Å². The van der Waals surface area contributed by atoms with Crippen molar-refractivity contribution in [3.63, 3.8) is 0 Å². The second-order valence-corrected chi connectivity index (χ2v) is 7.80. The summed E-state index contributed by atoms with van der Waals surface area (Å²) in [7, 11) is 0. The van der Waals surface area contributed by atoms with Gasteiger partial charge in [-0.25, -0.2) is 4.79 Å². The predicted molar refractivity (Wildman–Crippen MR) is 123 cm³/mol. The van der Waals surface area contributed by atoms with Crippen LogP contribution in [-0.2, 0) is 9.53 Å². The Morgan fingerprint density at radius 3 is 2.42 bits per heavy atom. The highest BCUT2D eigenvalue weighted by atomic mass is 32.1. The Morgan fingerprint density at radius 2 is 1.82 bits per heavy atom. The minimum atomic E-state index is -0.780. The van der Waals surface area contributed by atoms with Gasteiger partial charge < -0.3 is 14.8 Å². The predicted octanol–water partition coefficient (Wildman–Crippen LogP) is 4.99. The Kier molecular flexibility index (Phi) is 7.19. The number of hydrogen-bond acceptors (Lipinski definition) is 8. The number of non-ortho nitro benzene ring substituents is 1. The van der Waals surface area contributed by atoms with Gasteiger partial charge in [0.05, 0.1) is 17.1 Å². The third-order valence-corrected chi connectivity index (χ3v) is 5.43. The Bertz CT molecular complexity index is 1230. The number of hydrogen-bond donors (Lipinski definition) is 1. The molecule has 0 atom stereocenters. The summed E-state index contributed by atoms with van der Waals surface area (Å²) in [6.07, 6.45) is 0. The molecule has 0 unspecified atom stereocenters. The molecular formula is C23H20N2O7S. The van der Waals surface area contributed by atoms with E-state index in [1.165, 1.54) is 6.07 Å². The number of aryl methyl sites for hydroxylation is 1. The lowest BCUT2D eigenvalue weighted by Gasteiger charge is -2.11. The van der Waals surface area contributed by atoms with E-state index in [1.807, 2.05) is 31.2 Å². The summed E-state index contributed by atoms with van der Waals surface area (Å²) < 4.78 is 10.2. The topological polar surface area (TPSA) is 125 Å². The van der Waals surface area contributed by atoms with Gasteiger partial charge in [-0.1, -0.05) is 29.8 Å². The van der Waals surface area contributed by atoms with Crippen LogP contribution in [0.5, 0.6) is 5.75 Å². The molecule has 0 saturated heterocycles. The average molecular weight is 468 g/mol. The first-order chi connectivity index (χ1) is 15.7. The standard InChI is InChI=1S/C23H20N2O7S/c1-4-31-23(28)20-18(15-7-5-13(2)6-8-15)12-33-22(20)24-21(27)17-11-16(25(29)30)9-10-19(17)32-14(3)26/h5-12H,4H2,1-3H3,(H,24,27). The lowest BCUT2D eigenvalue weighted by molar-refractivity contribution is -0.384. The molecule has 0 spiro atoms. The van der Waals surface area contributed by atoms with Crippen LogP contribution in [0.15, 0.2) is 47.8 Å². The van der Waals surface area contributed by atoms with Crippen LogP contribution in [0.3, 0.4) is 0 Å². The fourth-order valence-electron chi connectivity index (χ4n) is 3.02. The number of nitrogens with one attached hydrogen (secondary N) is 1. The van der Waals surface area contributed by atoms with Crippen LogP contribution in [-0.4, -0.2) is 29.4 Å². The fourth-order valence-corrected chi connectivity index (χ4v) is 3.98. The van der Waals surface area contributed by atoms with Crippen LogP contribution >= 0.6 is 11.3 Å². The third kappa shape index (κ3) is 5.42. The molecule has 170 valence electrons. The Balaban J connectivity index is 2.04. The van der Waals surface area contributed by atoms with Crippen molar-refractivity contribution < 1.29 is 28.8 Å². The Morgan fingerprint density at radius 1 is 1.12 bits per heavy atom. The second kappa shape index (κ2) is 10.0. The zero-order valence-corrected chi connectivity index (χ0v) is 18.9. The van der Waals surface area contributed by atoms with Crippen LogP contribution in [0.2, 0.25) is 0 Å². The number of nitro benzene ring substituents is 1. The molecule has 1 aromatic heterocycles. The molecule has 3 rings (SSSR count). The molecule has 1 amide bonds. The van der Waals surface area contributed by atoms with E-state index in [2.05, 4.69) is 5.32 Å². The first kappa shape index (κ1) is 23.6. The average Bonchev–Trinajstić information content (AvgIpc) is 3.17. The minimum absolute atomic E-state index is 0.136. The van der Waals surface area contributed by atoms with Crippen molar-refractivity contribution >= 4 is 39.9 Å². The number of thiophene rings is 1. The van der Waals surface area contributed by atoms with Gasteiger partial charge in [-0.2, -0.15) is 0 Å². The van der Waals surface area contributed by atoms with Crippen LogP contribution in [0.1, 0.15) is 40.1 Å². The van der Waals surface area contributed by atoms with Gasteiger partial charge in [-0.15, -0.1) is 11.3 Å². The molecule has 0 aliphatic carbocycles. The molecule has 1 heterocycles. The van der Waals surface area contributed by atoms with E-state index in [1.54, 1.807) is 12.3 Å². The monoisotopic (exact) mass is 468 g/mol. The quantitative estimate of drug-likeness (QED) is 0.224. The summed E-state index contributed by atoms with van der Waals surface area (Å²) in [5.74, 6) is -2.23. The van der Waals surface area contributed by atoms with Gasteiger partial charge >= 0.3 is 11.9 Å². The minimum Gasteiger partial charge on any atom is -0.462 e. The van der Waals surface area contributed by atoms with E-state index in [0.717, 1.165) is 41.5 Å². The molecule has 3 aromatic rings. The number of amides is 1. The maximum absolute atomic E-state index is 13.0.